The molecule has 0 aliphatic carbocycles. The molecule has 4 nitrogen and oxygen atoms in total. The molecule has 0 saturated carbocycles. The van der Waals surface area contributed by atoms with Crippen LogP contribution in [-0.4, -0.2) is 13.0 Å². The maximum absolute atomic E-state index is 13.1. The van der Waals surface area contributed by atoms with Crippen molar-refractivity contribution in [2.24, 2.45) is 0 Å². The lowest BCUT2D eigenvalue weighted by Gasteiger charge is -2.10. The Balaban J connectivity index is 2.16. The fourth-order valence-corrected chi connectivity index (χ4v) is 5.12. The number of anilines is 1. The summed E-state index contributed by atoms with van der Waals surface area (Å²) in [4.78, 5) is 0.206. The third kappa shape index (κ3) is 3.05. The van der Waals surface area contributed by atoms with Crippen LogP contribution in [0.1, 0.15) is 16.8 Å². The molecule has 0 atom stereocenters. The third-order valence-electron chi connectivity index (χ3n) is 4.39. The average molecular weight is 375 g/mol. The summed E-state index contributed by atoms with van der Waals surface area (Å²) >= 11 is 6.11. The van der Waals surface area contributed by atoms with Crippen LogP contribution >= 0.6 is 11.6 Å². The minimum Gasteiger partial charge on any atom is -0.384 e. The number of nitrogens with two attached hydrogens (primary N) is 1. The molecule has 0 aliphatic heterocycles. The smallest absolute Gasteiger partial charge is 0.211 e. The first-order valence-electron chi connectivity index (χ1n) is 7.82. The zero-order valence-corrected chi connectivity index (χ0v) is 15.6. The molecular formula is C19H19ClN2O2S. The predicted octanol–water partition coefficient (Wildman–Crippen LogP) is 4.22. The van der Waals surface area contributed by atoms with E-state index in [1.54, 1.807) is 25.1 Å². The van der Waals surface area contributed by atoms with E-state index in [2.05, 4.69) is 0 Å². The Morgan fingerprint density at radius 1 is 1.00 bits per heavy atom. The molecule has 1 heterocycles. The molecule has 0 unspecified atom stereocenters. The van der Waals surface area contributed by atoms with Gasteiger partial charge >= 0.3 is 0 Å². The van der Waals surface area contributed by atoms with Crippen LogP contribution in [0.2, 0.25) is 5.02 Å². The van der Waals surface area contributed by atoms with E-state index in [-0.39, 0.29) is 20.6 Å². The maximum Gasteiger partial charge on any atom is 0.211 e. The highest BCUT2D eigenvalue weighted by Crippen LogP contribution is 2.36. The highest BCUT2D eigenvalue weighted by Gasteiger charge is 2.29. The lowest BCUT2D eigenvalue weighted by atomic mass is 10.2. The third-order valence-corrected chi connectivity index (χ3v) is 6.82. The Morgan fingerprint density at radius 2 is 1.60 bits per heavy atom. The van der Waals surface area contributed by atoms with Gasteiger partial charge in [0.15, 0.2) is 0 Å². The minimum absolute atomic E-state index is 0.0725. The largest absolute Gasteiger partial charge is 0.384 e. The van der Waals surface area contributed by atoms with Crippen LogP contribution in [0, 0.1) is 13.8 Å². The van der Waals surface area contributed by atoms with Gasteiger partial charge in [-0.3, -0.25) is 0 Å². The van der Waals surface area contributed by atoms with Gasteiger partial charge in [0.25, 0.3) is 0 Å². The highest BCUT2D eigenvalue weighted by molar-refractivity contribution is 7.91. The summed E-state index contributed by atoms with van der Waals surface area (Å²) in [5.74, 6) is 0.235. The van der Waals surface area contributed by atoms with Gasteiger partial charge in [-0.15, -0.1) is 0 Å². The Bertz CT molecular complexity index is 1030. The number of benzene rings is 2. The zero-order valence-electron chi connectivity index (χ0n) is 14.0. The molecule has 0 bridgehead atoms. The molecule has 0 spiro atoms. The lowest BCUT2D eigenvalue weighted by Crippen LogP contribution is -2.09. The summed E-state index contributed by atoms with van der Waals surface area (Å²) in [5.41, 5.74) is 8.79. The average Bonchev–Trinajstić information content (AvgIpc) is 2.80. The van der Waals surface area contributed by atoms with Crippen LogP contribution in [0.15, 0.2) is 64.4 Å². The number of halogens is 1. The second-order valence-corrected chi connectivity index (χ2v) is 8.19. The summed E-state index contributed by atoms with van der Waals surface area (Å²) in [6.45, 7) is 4.16. The van der Waals surface area contributed by atoms with Crippen LogP contribution in [0.3, 0.4) is 0 Å². The van der Waals surface area contributed by atoms with Gasteiger partial charge in [-0.1, -0.05) is 54.1 Å². The van der Waals surface area contributed by atoms with Gasteiger partial charge in [-0.05, 0) is 37.1 Å². The summed E-state index contributed by atoms with van der Waals surface area (Å²) in [5, 5.41) is 0.190. The zero-order chi connectivity index (χ0) is 18.2. The molecule has 0 radical (unpaired) electrons. The fraction of sp³-hybridized carbons (Fsp3) is 0.158. The monoisotopic (exact) mass is 374 g/mol. The van der Waals surface area contributed by atoms with E-state index >= 15 is 0 Å². The van der Waals surface area contributed by atoms with Gasteiger partial charge in [-0.2, -0.15) is 0 Å². The Morgan fingerprint density at radius 3 is 2.24 bits per heavy atom. The number of hydrogen-bond donors (Lipinski definition) is 1. The number of nitrogens with zero attached hydrogens (tertiary/aromatic N) is 1. The molecule has 0 saturated heterocycles. The van der Waals surface area contributed by atoms with E-state index in [1.165, 1.54) is 6.07 Å². The molecule has 6 heteroatoms. The topological polar surface area (TPSA) is 65.1 Å². The van der Waals surface area contributed by atoms with Crippen molar-refractivity contribution in [2.75, 3.05) is 5.73 Å². The summed E-state index contributed by atoms with van der Waals surface area (Å²) in [6.07, 6.45) is 0. The van der Waals surface area contributed by atoms with Gasteiger partial charge in [0.05, 0.1) is 9.92 Å². The van der Waals surface area contributed by atoms with Gasteiger partial charge in [0.1, 0.15) is 10.7 Å². The first-order chi connectivity index (χ1) is 11.8. The Kier molecular flexibility index (Phi) is 4.62. The minimum atomic E-state index is -3.80. The first-order valence-corrected chi connectivity index (χ1v) is 9.69. The van der Waals surface area contributed by atoms with Crippen LogP contribution in [0.25, 0.3) is 0 Å². The fourth-order valence-electron chi connectivity index (χ4n) is 2.94. The van der Waals surface area contributed by atoms with E-state index in [0.29, 0.717) is 12.1 Å². The van der Waals surface area contributed by atoms with Crippen LogP contribution < -0.4 is 5.73 Å². The predicted molar refractivity (Wildman–Crippen MR) is 101 cm³/mol. The molecule has 3 rings (SSSR count). The quantitative estimate of drug-likeness (QED) is 0.743. The number of aromatic nitrogens is 1. The number of sulfone groups is 1. The lowest BCUT2D eigenvalue weighted by molar-refractivity contribution is 0.596. The van der Waals surface area contributed by atoms with Crippen LogP contribution in [0.4, 0.5) is 5.82 Å². The molecule has 3 aromatic rings. The summed E-state index contributed by atoms with van der Waals surface area (Å²) < 4.78 is 28.1. The van der Waals surface area contributed by atoms with Crippen molar-refractivity contribution >= 4 is 27.3 Å². The van der Waals surface area contributed by atoms with E-state index in [0.717, 1.165) is 11.3 Å². The molecule has 2 N–H and O–H groups in total. The van der Waals surface area contributed by atoms with Crippen molar-refractivity contribution in [1.29, 1.82) is 0 Å². The second-order valence-electron chi connectivity index (χ2n) is 5.93. The standard InChI is InChI=1S/C19H19ClN2O2S/c1-13-14(2)22(12-15-8-4-3-5-9-15)19(21)18(13)25(23,24)17-11-7-6-10-16(17)20/h3-11H,12,21H2,1-2H3. The van der Waals surface area contributed by atoms with Crippen LogP contribution in [-0.2, 0) is 16.4 Å². The van der Waals surface area contributed by atoms with Crippen molar-refractivity contribution in [2.45, 2.75) is 30.2 Å². The molecule has 25 heavy (non-hydrogen) atoms. The Hall–Kier alpha value is -2.24. The number of nitrogen functional groups attached to an aromatic ring is 1. The highest BCUT2D eigenvalue weighted by atomic mass is 35.5. The van der Waals surface area contributed by atoms with Crippen molar-refractivity contribution in [1.82, 2.24) is 4.57 Å². The molecule has 1 aromatic heterocycles. The summed E-state index contributed by atoms with van der Waals surface area (Å²) in [7, 11) is -3.80. The van der Waals surface area contributed by atoms with E-state index in [9.17, 15) is 8.42 Å². The van der Waals surface area contributed by atoms with E-state index in [1.807, 2.05) is 41.8 Å². The molecule has 0 aliphatic rings. The normalized spacial score (nSPS) is 11.6. The van der Waals surface area contributed by atoms with Gasteiger partial charge < -0.3 is 10.3 Å². The molecule has 2 aromatic carbocycles. The SMILES string of the molecule is Cc1c(S(=O)(=O)c2ccccc2Cl)c(N)n(Cc2ccccc2)c1C. The summed E-state index contributed by atoms with van der Waals surface area (Å²) in [6, 6.07) is 16.2. The van der Waals surface area contributed by atoms with Crippen molar-refractivity contribution < 1.29 is 8.42 Å². The van der Waals surface area contributed by atoms with Gasteiger partial charge in [0, 0.05) is 12.2 Å². The Labute approximate surface area is 152 Å². The first kappa shape index (κ1) is 17.6. The van der Waals surface area contributed by atoms with E-state index in [4.69, 9.17) is 17.3 Å². The maximum atomic E-state index is 13.1. The van der Waals surface area contributed by atoms with Crippen molar-refractivity contribution in [3.63, 3.8) is 0 Å². The van der Waals surface area contributed by atoms with Gasteiger partial charge in [-0.25, -0.2) is 8.42 Å². The van der Waals surface area contributed by atoms with Crippen LogP contribution in [0.5, 0.6) is 0 Å². The van der Waals surface area contributed by atoms with Crippen molar-refractivity contribution in [3.8, 4) is 0 Å². The van der Waals surface area contributed by atoms with Crippen molar-refractivity contribution in [3.05, 3.63) is 76.4 Å². The number of hydrogen-bond acceptors (Lipinski definition) is 3. The van der Waals surface area contributed by atoms with Gasteiger partial charge in [0.2, 0.25) is 9.84 Å². The molecule has 130 valence electrons. The molecular weight excluding hydrogens is 356 g/mol. The number of rotatable bonds is 4. The second kappa shape index (κ2) is 6.58. The molecule has 0 amide bonds. The molecule has 0 fully saturated rings. The van der Waals surface area contributed by atoms with E-state index < -0.39 is 9.84 Å².